The summed E-state index contributed by atoms with van der Waals surface area (Å²) in [6.07, 6.45) is 8.85. The number of aromatic nitrogens is 2. The molecule has 0 spiro atoms. The van der Waals surface area contributed by atoms with Gasteiger partial charge in [0.2, 0.25) is 0 Å². The zero-order valence-corrected chi connectivity index (χ0v) is 24.1. The summed E-state index contributed by atoms with van der Waals surface area (Å²) >= 11 is 0. The van der Waals surface area contributed by atoms with Gasteiger partial charge in [-0.1, -0.05) is 79.1 Å². The third kappa shape index (κ3) is 6.17. The average molecular weight is 526 g/mol. The number of carbonyl (C=O) groups excluding carboxylic acids is 1. The Morgan fingerprint density at radius 2 is 1.51 bits per heavy atom. The second kappa shape index (κ2) is 11.2. The predicted molar refractivity (Wildman–Crippen MR) is 157 cm³/mol. The summed E-state index contributed by atoms with van der Waals surface area (Å²) in [5, 5.41) is 0. The number of aliphatic imine (C=N–C) groups is 1. The van der Waals surface area contributed by atoms with Crippen LogP contribution >= 0.6 is 0 Å². The van der Waals surface area contributed by atoms with Crippen molar-refractivity contribution in [1.29, 1.82) is 0 Å². The van der Waals surface area contributed by atoms with Crippen LogP contribution in [0.3, 0.4) is 0 Å². The molecule has 2 atom stereocenters. The number of carbonyl (C=O) groups is 1. The first-order valence-corrected chi connectivity index (χ1v) is 13.6. The van der Waals surface area contributed by atoms with E-state index in [1.54, 1.807) is 12.4 Å². The molecule has 4 rings (SSSR count). The highest BCUT2D eigenvalue weighted by molar-refractivity contribution is 5.79. The van der Waals surface area contributed by atoms with Crippen molar-refractivity contribution < 1.29 is 14.3 Å². The molecule has 1 aliphatic heterocycles. The van der Waals surface area contributed by atoms with Crippen LogP contribution in [0.2, 0.25) is 0 Å². The standard InChI is InChI=1S/C33H39N3O3/c1-8-18-33(32(7)19-9-20-35-32,38-22-28(37)39-31(4,5)6)27-21-34-29(25-14-10-23(2)11-15-25)30(36-27)26-16-12-24(3)13-17-26/h9-17,19-21H,8,18,22H2,1-7H3. The molecule has 3 aromatic rings. The molecule has 2 unspecified atom stereocenters. The molecular weight excluding hydrogens is 486 g/mol. The van der Waals surface area contributed by atoms with Crippen molar-refractivity contribution in [2.75, 3.05) is 6.61 Å². The maximum Gasteiger partial charge on any atom is 0.332 e. The second-order valence-electron chi connectivity index (χ2n) is 11.4. The minimum absolute atomic E-state index is 0.225. The van der Waals surface area contributed by atoms with E-state index in [-0.39, 0.29) is 6.61 Å². The lowest BCUT2D eigenvalue weighted by Crippen LogP contribution is -2.50. The summed E-state index contributed by atoms with van der Waals surface area (Å²) in [5.74, 6) is -0.430. The highest BCUT2D eigenvalue weighted by Gasteiger charge is 2.51. The van der Waals surface area contributed by atoms with Crippen molar-refractivity contribution in [2.24, 2.45) is 4.99 Å². The Hall–Kier alpha value is -3.64. The fourth-order valence-corrected chi connectivity index (χ4v) is 4.97. The van der Waals surface area contributed by atoms with Crippen molar-refractivity contribution in [2.45, 2.75) is 78.0 Å². The van der Waals surface area contributed by atoms with E-state index >= 15 is 0 Å². The van der Waals surface area contributed by atoms with E-state index in [0.29, 0.717) is 12.1 Å². The molecular formula is C33H39N3O3. The molecule has 0 fully saturated rings. The summed E-state index contributed by atoms with van der Waals surface area (Å²) in [6, 6.07) is 16.6. The molecule has 1 aromatic heterocycles. The van der Waals surface area contributed by atoms with Crippen molar-refractivity contribution >= 4 is 12.2 Å². The third-order valence-corrected chi connectivity index (χ3v) is 6.96. The van der Waals surface area contributed by atoms with Gasteiger partial charge in [0.25, 0.3) is 0 Å². The predicted octanol–water partition coefficient (Wildman–Crippen LogP) is 7.18. The van der Waals surface area contributed by atoms with Gasteiger partial charge in [-0.3, -0.25) is 9.98 Å². The Labute approximate surface area is 232 Å². The lowest BCUT2D eigenvalue weighted by molar-refractivity contribution is -0.172. The van der Waals surface area contributed by atoms with Gasteiger partial charge in [-0.05, 0) is 54.0 Å². The van der Waals surface area contributed by atoms with Gasteiger partial charge < -0.3 is 9.47 Å². The Morgan fingerprint density at radius 3 is 2.03 bits per heavy atom. The first kappa shape index (κ1) is 28.4. The van der Waals surface area contributed by atoms with Crippen LogP contribution in [-0.4, -0.2) is 39.9 Å². The number of rotatable bonds is 9. The summed E-state index contributed by atoms with van der Waals surface area (Å²) in [4.78, 5) is 27.9. The number of nitrogens with zero attached hydrogens (tertiary/aromatic N) is 3. The zero-order chi connectivity index (χ0) is 28.3. The summed E-state index contributed by atoms with van der Waals surface area (Å²) in [7, 11) is 0. The fourth-order valence-electron chi connectivity index (χ4n) is 4.97. The van der Waals surface area contributed by atoms with Gasteiger partial charge in [0.05, 0.1) is 23.3 Å². The molecule has 0 bridgehead atoms. The summed E-state index contributed by atoms with van der Waals surface area (Å²) in [5.41, 5.74) is 4.02. The van der Waals surface area contributed by atoms with Crippen LogP contribution in [-0.2, 0) is 19.9 Å². The van der Waals surface area contributed by atoms with E-state index < -0.39 is 22.7 Å². The monoisotopic (exact) mass is 525 g/mol. The molecule has 1 aliphatic rings. The Kier molecular flexibility index (Phi) is 8.17. The minimum atomic E-state index is -1.04. The second-order valence-corrected chi connectivity index (χ2v) is 11.4. The Morgan fingerprint density at radius 1 is 0.923 bits per heavy atom. The van der Waals surface area contributed by atoms with E-state index in [2.05, 4.69) is 69.3 Å². The minimum Gasteiger partial charge on any atom is -0.458 e. The lowest BCUT2D eigenvalue weighted by atomic mass is 9.76. The van der Waals surface area contributed by atoms with E-state index in [1.165, 1.54) is 11.1 Å². The normalized spacial score (nSPS) is 18.2. The molecule has 0 radical (unpaired) electrons. The Bertz CT molecular complexity index is 1360. The van der Waals surface area contributed by atoms with Gasteiger partial charge in [-0.2, -0.15) is 0 Å². The molecule has 6 heteroatoms. The average Bonchev–Trinajstić information content (AvgIpc) is 3.34. The number of hydrogen-bond donors (Lipinski definition) is 0. The first-order valence-electron chi connectivity index (χ1n) is 13.6. The van der Waals surface area contributed by atoms with E-state index in [0.717, 1.165) is 28.9 Å². The smallest absolute Gasteiger partial charge is 0.332 e. The van der Waals surface area contributed by atoms with Crippen molar-refractivity contribution in [3.05, 3.63) is 83.7 Å². The van der Waals surface area contributed by atoms with Crippen LogP contribution < -0.4 is 0 Å². The van der Waals surface area contributed by atoms with E-state index in [9.17, 15) is 4.79 Å². The molecule has 6 nitrogen and oxygen atoms in total. The van der Waals surface area contributed by atoms with E-state index in [4.69, 9.17) is 24.4 Å². The fraction of sp³-hybridized carbons (Fsp3) is 0.394. The molecule has 39 heavy (non-hydrogen) atoms. The van der Waals surface area contributed by atoms with Crippen LogP contribution in [0.1, 0.15) is 64.3 Å². The van der Waals surface area contributed by atoms with Gasteiger partial charge in [0, 0.05) is 17.3 Å². The molecule has 0 amide bonds. The molecule has 2 heterocycles. The van der Waals surface area contributed by atoms with Gasteiger partial charge in [-0.15, -0.1) is 0 Å². The summed E-state index contributed by atoms with van der Waals surface area (Å²) < 4.78 is 12.2. The highest BCUT2D eigenvalue weighted by atomic mass is 16.6. The highest BCUT2D eigenvalue weighted by Crippen LogP contribution is 2.46. The van der Waals surface area contributed by atoms with Crippen molar-refractivity contribution in [1.82, 2.24) is 9.97 Å². The van der Waals surface area contributed by atoms with Gasteiger partial charge >= 0.3 is 5.97 Å². The Balaban J connectivity index is 1.89. The van der Waals surface area contributed by atoms with Crippen molar-refractivity contribution in [3.63, 3.8) is 0 Å². The number of aryl methyl sites for hydroxylation is 2. The maximum absolute atomic E-state index is 12.8. The zero-order valence-electron chi connectivity index (χ0n) is 24.1. The van der Waals surface area contributed by atoms with Gasteiger partial charge in [0.1, 0.15) is 23.3 Å². The summed E-state index contributed by atoms with van der Waals surface area (Å²) in [6.45, 7) is 13.5. The van der Waals surface area contributed by atoms with Crippen LogP contribution in [0.15, 0.2) is 71.9 Å². The number of allylic oxidation sites excluding steroid dienone is 1. The van der Waals surface area contributed by atoms with E-state index in [1.807, 2.05) is 39.8 Å². The number of benzene rings is 2. The SMILES string of the molecule is CCCC(OCC(=O)OC(C)(C)C)(c1cnc(-c2ccc(C)cc2)c(-c2ccc(C)cc2)n1)C1(C)C=CC=N1. The molecule has 0 saturated carbocycles. The topological polar surface area (TPSA) is 73.7 Å². The van der Waals surface area contributed by atoms with Crippen LogP contribution in [0, 0.1) is 13.8 Å². The van der Waals surface area contributed by atoms with Gasteiger partial charge in [0.15, 0.2) is 0 Å². The number of esters is 1. The first-order chi connectivity index (χ1) is 18.5. The largest absolute Gasteiger partial charge is 0.458 e. The third-order valence-electron chi connectivity index (χ3n) is 6.96. The number of hydrogen-bond acceptors (Lipinski definition) is 6. The molecule has 0 aliphatic carbocycles. The maximum atomic E-state index is 12.8. The van der Waals surface area contributed by atoms with Crippen molar-refractivity contribution in [3.8, 4) is 22.5 Å². The molecule has 0 saturated heterocycles. The molecule has 204 valence electrons. The van der Waals surface area contributed by atoms with Crippen LogP contribution in [0.4, 0.5) is 0 Å². The lowest BCUT2D eigenvalue weighted by Gasteiger charge is -2.43. The van der Waals surface area contributed by atoms with Crippen LogP contribution in [0.25, 0.3) is 22.5 Å². The van der Waals surface area contributed by atoms with Crippen LogP contribution in [0.5, 0.6) is 0 Å². The quantitative estimate of drug-likeness (QED) is 0.277. The molecule has 2 aromatic carbocycles. The molecule has 0 N–H and O–H groups in total. The number of ether oxygens (including phenoxy) is 2. The van der Waals surface area contributed by atoms with Gasteiger partial charge in [-0.25, -0.2) is 9.78 Å².